The molecule has 0 bridgehead atoms. The summed E-state index contributed by atoms with van der Waals surface area (Å²) in [6.45, 7) is 6.27. The van der Waals surface area contributed by atoms with Gasteiger partial charge in [0.2, 0.25) is 0 Å². The maximum atomic E-state index is 12.4. The fourth-order valence-electron chi connectivity index (χ4n) is 1.79. The molecule has 0 saturated heterocycles. The van der Waals surface area contributed by atoms with Crippen molar-refractivity contribution in [1.29, 1.82) is 0 Å². The highest BCUT2D eigenvalue weighted by molar-refractivity contribution is 7.98. The van der Waals surface area contributed by atoms with Crippen LogP contribution < -0.4 is 0 Å². The van der Waals surface area contributed by atoms with Gasteiger partial charge in [-0.1, -0.05) is 12.1 Å². The van der Waals surface area contributed by atoms with Crippen LogP contribution in [0.5, 0.6) is 0 Å². The molecule has 1 aromatic rings. The van der Waals surface area contributed by atoms with Crippen LogP contribution in [0.2, 0.25) is 0 Å². The van der Waals surface area contributed by atoms with E-state index in [9.17, 15) is 9.90 Å². The number of likely N-dealkylation sites (N-methyl/N-ethyl adjacent to an activating group) is 1. The van der Waals surface area contributed by atoms with Crippen LogP contribution in [-0.2, 0) is 0 Å². The summed E-state index contributed by atoms with van der Waals surface area (Å²) in [5.41, 5.74) is -0.170. The lowest BCUT2D eigenvalue weighted by molar-refractivity contribution is 0.0313. The number of nitrogens with zero attached hydrogens (tertiary/aromatic N) is 1. The van der Waals surface area contributed by atoms with Gasteiger partial charge in [-0.2, -0.15) is 0 Å². The lowest BCUT2D eigenvalue weighted by atomic mass is 10.1. The van der Waals surface area contributed by atoms with E-state index in [2.05, 4.69) is 0 Å². The van der Waals surface area contributed by atoms with Gasteiger partial charge in [-0.25, -0.2) is 0 Å². The number of hydrogen-bond acceptors (Lipinski definition) is 3. The van der Waals surface area contributed by atoms with Gasteiger partial charge in [-0.05, 0) is 39.2 Å². The minimum absolute atomic E-state index is 0.0235. The Bertz CT molecular complexity index is 413. The van der Waals surface area contributed by atoms with E-state index in [4.69, 9.17) is 0 Å². The van der Waals surface area contributed by atoms with E-state index in [1.165, 1.54) is 0 Å². The van der Waals surface area contributed by atoms with Crippen LogP contribution in [-0.4, -0.2) is 40.9 Å². The van der Waals surface area contributed by atoms with Crippen LogP contribution in [0.15, 0.2) is 29.2 Å². The van der Waals surface area contributed by atoms with Crippen molar-refractivity contribution in [3.63, 3.8) is 0 Å². The zero-order valence-electron chi connectivity index (χ0n) is 11.4. The summed E-state index contributed by atoms with van der Waals surface area (Å²) in [7, 11) is 0. The van der Waals surface area contributed by atoms with E-state index in [-0.39, 0.29) is 5.91 Å². The Kier molecular flexibility index (Phi) is 5.23. The number of benzene rings is 1. The molecule has 3 nitrogen and oxygen atoms in total. The van der Waals surface area contributed by atoms with E-state index < -0.39 is 5.60 Å². The van der Waals surface area contributed by atoms with Crippen molar-refractivity contribution < 1.29 is 9.90 Å². The molecule has 4 heteroatoms. The first-order valence-corrected chi connectivity index (χ1v) is 7.26. The van der Waals surface area contributed by atoms with E-state index in [0.717, 1.165) is 4.90 Å². The van der Waals surface area contributed by atoms with Gasteiger partial charge in [0.15, 0.2) is 0 Å². The number of rotatable bonds is 5. The Morgan fingerprint density at radius 3 is 2.50 bits per heavy atom. The van der Waals surface area contributed by atoms with Crippen molar-refractivity contribution in [3.8, 4) is 0 Å². The molecular formula is C14H21NO2S. The first-order valence-electron chi connectivity index (χ1n) is 6.03. The Morgan fingerprint density at radius 2 is 2.00 bits per heavy atom. The molecule has 0 spiro atoms. The van der Waals surface area contributed by atoms with E-state index in [1.807, 2.05) is 37.4 Å². The molecule has 1 aromatic carbocycles. The first kappa shape index (κ1) is 15.1. The molecule has 0 aliphatic rings. The van der Waals surface area contributed by atoms with Crippen LogP contribution in [0.4, 0.5) is 0 Å². The molecule has 0 aromatic heterocycles. The minimum Gasteiger partial charge on any atom is -0.389 e. The molecule has 0 radical (unpaired) electrons. The first-order chi connectivity index (χ1) is 8.39. The average Bonchev–Trinajstić information content (AvgIpc) is 2.34. The molecule has 100 valence electrons. The van der Waals surface area contributed by atoms with Gasteiger partial charge in [0.25, 0.3) is 5.91 Å². The average molecular weight is 267 g/mol. The Morgan fingerprint density at radius 1 is 1.39 bits per heavy atom. The highest BCUT2D eigenvalue weighted by Crippen LogP contribution is 2.22. The zero-order valence-corrected chi connectivity index (χ0v) is 12.3. The molecule has 1 N–H and O–H groups in total. The standard InChI is InChI=1S/C14H21NO2S/c1-5-15(10-14(2,3)17)13(16)11-8-6-7-9-12(11)18-4/h6-9,17H,5,10H2,1-4H3. The third-order valence-electron chi connectivity index (χ3n) is 2.58. The maximum absolute atomic E-state index is 12.4. The number of carbonyl (C=O) groups is 1. The molecule has 0 aliphatic carbocycles. The van der Waals surface area contributed by atoms with Gasteiger partial charge in [-0.3, -0.25) is 4.79 Å². The quantitative estimate of drug-likeness (QED) is 0.834. The number of thioether (sulfide) groups is 1. The van der Waals surface area contributed by atoms with Crippen LogP contribution in [0, 0.1) is 0 Å². The summed E-state index contributed by atoms with van der Waals surface area (Å²) >= 11 is 1.56. The molecule has 0 heterocycles. The molecular weight excluding hydrogens is 246 g/mol. The zero-order chi connectivity index (χ0) is 13.8. The summed E-state index contributed by atoms with van der Waals surface area (Å²) in [6, 6.07) is 7.57. The number of carbonyl (C=O) groups excluding carboxylic acids is 1. The number of hydrogen-bond donors (Lipinski definition) is 1. The predicted octanol–water partition coefficient (Wildman–Crippen LogP) is 2.64. The van der Waals surface area contributed by atoms with Crippen LogP contribution in [0.1, 0.15) is 31.1 Å². The van der Waals surface area contributed by atoms with Crippen LogP contribution in [0.3, 0.4) is 0 Å². The molecule has 0 saturated carbocycles. The van der Waals surface area contributed by atoms with Gasteiger partial charge >= 0.3 is 0 Å². The second kappa shape index (κ2) is 6.25. The van der Waals surface area contributed by atoms with Gasteiger partial charge in [0.1, 0.15) is 0 Å². The van der Waals surface area contributed by atoms with Gasteiger partial charge in [-0.15, -0.1) is 11.8 Å². The summed E-state index contributed by atoms with van der Waals surface area (Å²) in [5, 5.41) is 9.84. The topological polar surface area (TPSA) is 40.5 Å². The summed E-state index contributed by atoms with van der Waals surface area (Å²) in [4.78, 5) is 15.1. The molecule has 0 atom stereocenters. The maximum Gasteiger partial charge on any atom is 0.255 e. The summed E-state index contributed by atoms with van der Waals surface area (Å²) in [5.74, 6) is -0.0235. The van der Waals surface area contributed by atoms with Gasteiger partial charge < -0.3 is 10.0 Å². The highest BCUT2D eigenvalue weighted by Gasteiger charge is 2.23. The molecule has 0 aliphatic heterocycles. The Labute approximate surface area is 113 Å². The molecule has 1 amide bonds. The van der Waals surface area contributed by atoms with Crippen LogP contribution in [0.25, 0.3) is 0 Å². The van der Waals surface area contributed by atoms with E-state index in [1.54, 1.807) is 30.5 Å². The van der Waals surface area contributed by atoms with Crippen molar-refractivity contribution in [1.82, 2.24) is 4.90 Å². The molecule has 0 unspecified atom stereocenters. The largest absolute Gasteiger partial charge is 0.389 e. The molecule has 18 heavy (non-hydrogen) atoms. The third-order valence-corrected chi connectivity index (χ3v) is 3.38. The normalized spacial score (nSPS) is 11.4. The lowest BCUT2D eigenvalue weighted by Crippen LogP contribution is -2.42. The summed E-state index contributed by atoms with van der Waals surface area (Å²) < 4.78 is 0. The van der Waals surface area contributed by atoms with Crippen molar-refractivity contribution >= 4 is 17.7 Å². The fraction of sp³-hybridized carbons (Fsp3) is 0.500. The van der Waals surface area contributed by atoms with Crippen molar-refractivity contribution in [3.05, 3.63) is 29.8 Å². The molecule has 1 rings (SSSR count). The van der Waals surface area contributed by atoms with Gasteiger partial charge in [0, 0.05) is 18.0 Å². The summed E-state index contributed by atoms with van der Waals surface area (Å²) in [6.07, 6.45) is 1.96. The van der Waals surface area contributed by atoms with E-state index >= 15 is 0 Å². The smallest absolute Gasteiger partial charge is 0.255 e. The third kappa shape index (κ3) is 4.03. The Balaban J connectivity index is 2.97. The van der Waals surface area contributed by atoms with Crippen LogP contribution >= 0.6 is 11.8 Å². The van der Waals surface area contributed by atoms with Crippen molar-refractivity contribution in [2.45, 2.75) is 31.3 Å². The lowest BCUT2D eigenvalue weighted by Gasteiger charge is -2.28. The van der Waals surface area contributed by atoms with E-state index in [0.29, 0.717) is 18.7 Å². The van der Waals surface area contributed by atoms with Gasteiger partial charge in [0.05, 0.1) is 11.2 Å². The van der Waals surface area contributed by atoms with Crippen molar-refractivity contribution in [2.24, 2.45) is 0 Å². The predicted molar refractivity (Wildman–Crippen MR) is 76.1 cm³/mol. The molecule has 0 fully saturated rings. The minimum atomic E-state index is -0.875. The SMILES string of the molecule is CCN(CC(C)(C)O)C(=O)c1ccccc1SC. The monoisotopic (exact) mass is 267 g/mol. The second-order valence-electron chi connectivity index (χ2n) is 4.83. The Hall–Kier alpha value is -1.00. The van der Waals surface area contributed by atoms with Crippen molar-refractivity contribution in [2.75, 3.05) is 19.3 Å². The number of aliphatic hydroxyl groups is 1. The number of amides is 1. The second-order valence-corrected chi connectivity index (χ2v) is 5.68. The fourth-order valence-corrected chi connectivity index (χ4v) is 2.38. The highest BCUT2D eigenvalue weighted by atomic mass is 32.2.